The van der Waals surface area contributed by atoms with Crippen LogP contribution >= 0.6 is 0 Å². The lowest BCUT2D eigenvalue weighted by molar-refractivity contribution is -0.116. The summed E-state index contributed by atoms with van der Waals surface area (Å²) in [4.78, 5) is 12.3. The zero-order valence-corrected chi connectivity index (χ0v) is 16.2. The van der Waals surface area contributed by atoms with Crippen molar-refractivity contribution < 1.29 is 4.79 Å². The molecule has 0 radical (unpaired) electrons. The Morgan fingerprint density at radius 1 is 1.04 bits per heavy atom. The molecule has 1 aromatic carbocycles. The predicted molar refractivity (Wildman–Crippen MR) is 109 cm³/mol. The first-order valence-electron chi connectivity index (χ1n) is 10.7. The Labute approximate surface area is 157 Å². The van der Waals surface area contributed by atoms with Gasteiger partial charge in [-0.2, -0.15) is 0 Å². The summed E-state index contributed by atoms with van der Waals surface area (Å²) in [5.74, 6) is 0.174. The number of nitrogens with one attached hydrogen (secondary N) is 1. The maximum atomic E-state index is 12.3. The van der Waals surface area contributed by atoms with Crippen molar-refractivity contribution in [3.05, 3.63) is 29.0 Å². The van der Waals surface area contributed by atoms with Crippen LogP contribution in [0.1, 0.15) is 81.5 Å². The minimum atomic E-state index is 0.174. The van der Waals surface area contributed by atoms with Crippen molar-refractivity contribution in [2.24, 2.45) is 0 Å². The first kappa shape index (κ1) is 17.6. The second-order valence-electron chi connectivity index (χ2n) is 8.13. The van der Waals surface area contributed by atoms with E-state index < -0.39 is 0 Å². The van der Waals surface area contributed by atoms with E-state index in [1.165, 1.54) is 67.8 Å². The van der Waals surface area contributed by atoms with Gasteiger partial charge in [0.05, 0.1) is 5.52 Å². The molecule has 1 aliphatic carbocycles. The Morgan fingerprint density at radius 3 is 2.73 bits per heavy atom. The van der Waals surface area contributed by atoms with Gasteiger partial charge in [0, 0.05) is 29.7 Å². The van der Waals surface area contributed by atoms with Crippen molar-refractivity contribution in [2.45, 2.75) is 90.5 Å². The van der Waals surface area contributed by atoms with Crippen LogP contribution in [0.5, 0.6) is 0 Å². The molecule has 1 aromatic heterocycles. The van der Waals surface area contributed by atoms with E-state index in [4.69, 9.17) is 0 Å². The SMILES string of the molecule is CCCCCCC(=O)Nc1cc2c3c(c1)c1c(n3CC2)CCCCCC1. The molecule has 0 spiro atoms. The van der Waals surface area contributed by atoms with Gasteiger partial charge in [0.15, 0.2) is 0 Å². The molecule has 0 saturated heterocycles. The number of hydrogen-bond donors (Lipinski definition) is 1. The van der Waals surface area contributed by atoms with Crippen LogP contribution in [0.25, 0.3) is 10.9 Å². The number of unbranched alkanes of at least 4 members (excludes halogenated alkanes) is 3. The summed E-state index contributed by atoms with van der Waals surface area (Å²) in [5.41, 5.74) is 7.05. The molecule has 3 nitrogen and oxygen atoms in total. The molecule has 26 heavy (non-hydrogen) atoms. The largest absolute Gasteiger partial charge is 0.344 e. The Kier molecular flexibility index (Phi) is 5.33. The van der Waals surface area contributed by atoms with E-state index in [-0.39, 0.29) is 5.91 Å². The molecule has 0 fully saturated rings. The van der Waals surface area contributed by atoms with E-state index in [1.54, 1.807) is 11.3 Å². The number of aromatic nitrogens is 1. The molecular weight excluding hydrogens is 320 g/mol. The number of carbonyl (C=O) groups excluding carboxylic acids is 1. The average Bonchev–Trinajstić information content (AvgIpc) is 3.13. The molecule has 2 aromatic rings. The number of nitrogens with zero attached hydrogens (tertiary/aromatic N) is 1. The van der Waals surface area contributed by atoms with Crippen LogP contribution < -0.4 is 5.32 Å². The van der Waals surface area contributed by atoms with Crippen molar-refractivity contribution >= 4 is 22.5 Å². The molecule has 0 saturated carbocycles. The Bertz CT molecular complexity index is 802. The van der Waals surface area contributed by atoms with Gasteiger partial charge in [-0.15, -0.1) is 0 Å². The Morgan fingerprint density at radius 2 is 1.88 bits per heavy atom. The summed E-state index contributed by atoms with van der Waals surface area (Å²) >= 11 is 0. The number of rotatable bonds is 6. The molecule has 1 N–H and O–H groups in total. The average molecular weight is 353 g/mol. The van der Waals surface area contributed by atoms with E-state index in [0.29, 0.717) is 6.42 Å². The molecule has 140 valence electrons. The van der Waals surface area contributed by atoms with Gasteiger partial charge in [0.1, 0.15) is 0 Å². The van der Waals surface area contributed by atoms with Crippen molar-refractivity contribution in [1.82, 2.24) is 4.57 Å². The third-order valence-corrected chi connectivity index (χ3v) is 6.19. The molecule has 2 aliphatic rings. The molecule has 1 aliphatic heterocycles. The van der Waals surface area contributed by atoms with E-state index in [0.717, 1.165) is 31.5 Å². The molecule has 0 atom stereocenters. The van der Waals surface area contributed by atoms with E-state index >= 15 is 0 Å². The Hall–Kier alpha value is -1.77. The van der Waals surface area contributed by atoms with Gasteiger partial charge in [0.25, 0.3) is 0 Å². The van der Waals surface area contributed by atoms with Crippen LogP contribution in [0, 0.1) is 0 Å². The number of hydrogen-bond acceptors (Lipinski definition) is 1. The third-order valence-electron chi connectivity index (χ3n) is 6.19. The first-order valence-corrected chi connectivity index (χ1v) is 10.7. The summed E-state index contributed by atoms with van der Waals surface area (Å²) in [6.45, 7) is 3.32. The predicted octanol–water partition coefficient (Wildman–Crippen LogP) is 5.77. The van der Waals surface area contributed by atoms with E-state index in [1.807, 2.05) is 0 Å². The van der Waals surface area contributed by atoms with E-state index in [9.17, 15) is 4.79 Å². The number of aryl methyl sites for hydroxylation is 3. The zero-order chi connectivity index (χ0) is 17.9. The highest BCUT2D eigenvalue weighted by molar-refractivity contribution is 5.97. The van der Waals surface area contributed by atoms with Crippen molar-refractivity contribution in [2.75, 3.05) is 5.32 Å². The van der Waals surface area contributed by atoms with Gasteiger partial charge >= 0.3 is 0 Å². The summed E-state index contributed by atoms with van der Waals surface area (Å²) in [7, 11) is 0. The Balaban J connectivity index is 1.59. The molecule has 1 amide bonds. The molecule has 0 bridgehead atoms. The molecule has 3 heteroatoms. The lowest BCUT2D eigenvalue weighted by Gasteiger charge is -2.13. The zero-order valence-electron chi connectivity index (χ0n) is 16.2. The molecule has 0 unspecified atom stereocenters. The van der Waals surface area contributed by atoms with Crippen LogP contribution in [-0.2, 0) is 30.6 Å². The van der Waals surface area contributed by atoms with Crippen LogP contribution in [-0.4, -0.2) is 10.5 Å². The van der Waals surface area contributed by atoms with Crippen molar-refractivity contribution in [3.63, 3.8) is 0 Å². The summed E-state index contributed by atoms with van der Waals surface area (Å²) < 4.78 is 2.58. The van der Waals surface area contributed by atoms with Crippen LogP contribution in [0.2, 0.25) is 0 Å². The first-order chi connectivity index (χ1) is 12.8. The lowest BCUT2D eigenvalue weighted by Crippen LogP contribution is -2.11. The third kappa shape index (κ3) is 3.41. The van der Waals surface area contributed by atoms with Crippen LogP contribution in [0.15, 0.2) is 12.1 Å². The lowest BCUT2D eigenvalue weighted by atomic mass is 9.95. The fourth-order valence-corrected chi connectivity index (χ4v) is 4.89. The van der Waals surface area contributed by atoms with Gasteiger partial charge in [-0.05, 0) is 61.8 Å². The fraction of sp³-hybridized carbons (Fsp3) is 0.609. The number of carbonyl (C=O) groups is 1. The number of fused-ring (bicyclic) bond motifs is 3. The van der Waals surface area contributed by atoms with Crippen LogP contribution in [0.3, 0.4) is 0 Å². The van der Waals surface area contributed by atoms with E-state index in [2.05, 4.69) is 28.9 Å². The van der Waals surface area contributed by atoms with Gasteiger partial charge < -0.3 is 9.88 Å². The quantitative estimate of drug-likeness (QED) is 0.658. The minimum Gasteiger partial charge on any atom is -0.344 e. The molecule has 2 heterocycles. The molecule has 4 rings (SSSR count). The number of amides is 1. The highest BCUT2D eigenvalue weighted by Gasteiger charge is 2.24. The second-order valence-corrected chi connectivity index (χ2v) is 8.13. The monoisotopic (exact) mass is 352 g/mol. The summed E-state index contributed by atoms with van der Waals surface area (Å²) in [6, 6.07) is 4.48. The smallest absolute Gasteiger partial charge is 0.224 e. The highest BCUT2D eigenvalue weighted by atomic mass is 16.1. The molecular formula is C23H32N2O. The maximum absolute atomic E-state index is 12.3. The van der Waals surface area contributed by atoms with Crippen molar-refractivity contribution in [1.29, 1.82) is 0 Å². The minimum absolute atomic E-state index is 0.174. The second kappa shape index (κ2) is 7.85. The number of anilines is 1. The fourth-order valence-electron chi connectivity index (χ4n) is 4.89. The standard InChI is InChI=1S/C23H32N2O/c1-2-3-4-9-12-22(26)24-18-15-17-13-14-25-21-11-8-6-5-7-10-19(21)20(16-18)23(17)25/h15-16H,2-14H2,1H3,(H,24,26). The van der Waals surface area contributed by atoms with Crippen molar-refractivity contribution in [3.8, 4) is 0 Å². The normalized spacial score (nSPS) is 16.3. The topological polar surface area (TPSA) is 34.0 Å². The van der Waals surface area contributed by atoms with Gasteiger partial charge in [0.2, 0.25) is 5.91 Å². The maximum Gasteiger partial charge on any atom is 0.224 e. The number of benzene rings is 1. The summed E-state index contributed by atoms with van der Waals surface area (Å²) in [6.07, 6.45) is 14.1. The highest BCUT2D eigenvalue weighted by Crippen LogP contribution is 2.38. The van der Waals surface area contributed by atoms with Crippen LogP contribution in [0.4, 0.5) is 5.69 Å². The van der Waals surface area contributed by atoms with Gasteiger partial charge in [-0.25, -0.2) is 0 Å². The van der Waals surface area contributed by atoms with Gasteiger partial charge in [-0.1, -0.05) is 39.0 Å². The van der Waals surface area contributed by atoms with Gasteiger partial charge in [-0.3, -0.25) is 4.79 Å². The summed E-state index contributed by atoms with van der Waals surface area (Å²) in [5, 5.41) is 4.60.